The Morgan fingerprint density at radius 1 is 1.33 bits per heavy atom. The molecule has 1 saturated heterocycles. The van der Waals surface area contributed by atoms with E-state index in [9.17, 15) is 4.79 Å². The molecule has 3 rings (SSSR count). The Bertz CT molecular complexity index is 675. The van der Waals surface area contributed by atoms with Crippen molar-refractivity contribution >= 4 is 5.91 Å². The molecular formula is C18H24N4O2. The van der Waals surface area contributed by atoms with E-state index in [-0.39, 0.29) is 5.91 Å². The molecule has 1 aliphatic rings. The largest absolute Gasteiger partial charge is 0.356 e. The van der Waals surface area contributed by atoms with Crippen molar-refractivity contribution in [3.63, 3.8) is 0 Å². The van der Waals surface area contributed by atoms with Gasteiger partial charge in [-0.3, -0.25) is 4.79 Å². The number of rotatable bonds is 7. The lowest BCUT2D eigenvalue weighted by Crippen LogP contribution is -2.48. The summed E-state index contributed by atoms with van der Waals surface area (Å²) in [7, 11) is 0. The first-order valence-corrected chi connectivity index (χ1v) is 8.52. The minimum atomic E-state index is 0.0305. The fraction of sp³-hybridized carbons (Fsp3) is 0.500. The van der Waals surface area contributed by atoms with Crippen LogP contribution in [0.1, 0.15) is 37.6 Å². The Labute approximate surface area is 142 Å². The van der Waals surface area contributed by atoms with Crippen molar-refractivity contribution < 1.29 is 9.32 Å². The lowest BCUT2D eigenvalue weighted by atomic mass is 10.0. The second-order valence-corrected chi connectivity index (χ2v) is 6.62. The number of aryl methyl sites for hydroxylation is 1. The Balaban J connectivity index is 1.50. The summed E-state index contributed by atoms with van der Waals surface area (Å²) in [6, 6.07) is 8.17. The second kappa shape index (κ2) is 7.57. The van der Waals surface area contributed by atoms with Crippen LogP contribution in [0.5, 0.6) is 0 Å². The molecule has 6 nitrogen and oxygen atoms in total. The van der Waals surface area contributed by atoms with Gasteiger partial charge >= 0.3 is 0 Å². The molecule has 0 unspecified atom stereocenters. The van der Waals surface area contributed by atoms with Gasteiger partial charge < -0.3 is 15.2 Å². The molecule has 0 spiro atoms. The molecule has 1 aromatic heterocycles. The third-order valence-corrected chi connectivity index (χ3v) is 4.32. The first kappa shape index (κ1) is 16.6. The highest BCUT2D eigenvalue weighted by molar-refractivity contribution is 5.76. The van der Waals surface area contributed by atoms with Crippen molar-refractivity contribution in [2.24, 2.45) is 5.92 Å². The zero-order valence-electron chi connectivity index (χ0n) is 14.2. The molecule has 1 aromatic carbocycles. The molecule has 2 heterocycles. The Hall–Kier alpha value is -2.21. The molecule has 0 atom stereocenters. The van der Waals surface area contributed by atoms with Crippen molar-refractivity contribution in [3.05, 3.63) is 35.7 Å². The quantitative estimate of drug-likeness (QED) is 0.814. The summed E-state index contributed by atoms with van der Waals surface area (Å²) < 4.78 is 5.25. The predicted octanol–water partition coefficient (Wildman–Crippen LogP) is 2.13. The van der Waals surface area contributed by atoms with Crippen molar-refractivity contribution in [1.29, 1.82) is 0 Å². The molecule has 0 bridgehead atoms. The molecule has 0 radical (unpaired) electrons. The zero-order chi connectivity index (χ0) is 16.9. The van der Waals surface area contributed by atoms with E-state index in [2.05, 4.69) is 46.8 Å². The Morgan fingerprint density at radius 2 is 2.08 bits per heavy atom. The van der Waals surface area contributed by atoms with Gasteiger partial charge in [-0.2, -0.15) is 4.98 Å². The number of carbonyl (C=O) groups is 1. The molecule has 1 fully saturated rings. The van der Waals surface area contributed by atoms with Crippen LogP contribution >= 0.6 is 0 Å². The fourth-order valence-electron chi connectivity index (χ4n) is 2.55. The second-order valence-electron chi connectivity index (χ2n) is 6.62. The first-order valence-electron chi connectivity index (χ1n) is 8.52. The van der Waals surface area contributed by atoms with Gasteiger partial charge in [0, 0.05) is 44.0 Å². The molecule has 2 aromatic rings. The van der Waals surface area contributed by atoms with Crippen LogP contribution in [0.4, 0.5) is 0 Å². The molecule has 6 heteroatoms. The van der Waals surface area contributed by atoms with Crippen LogP contribution in [0.15, 0.2) is 28.8 Å². The number of amides is 1. The standard InChI is InChI=1S/C18H24N4O2/c1-12(2)14-3-5-15(6-4-14)18-21-17(24-22-18)8-7-16(23)20-11-13-9-19-10-13/h3-6,12-13,19H,7-11H2,1-2H3,(H,20,23). The third-order valence-electron chi connectivity index (χ3n) is 4.32. The molecular weight excluding hydrogens is 304 g/mol. The maximum Gasteiger partial charge on any atom is 0.227 e. The van der Waals surface area contributed by atoms with Crippen LogP contribution in [0.2, 0.25) is 0 Å². The van der Waals surface area contributed by atoms with Crippen molar-refractivity contribution in [2.45, 2.75) is 32.6 Å². The van der Waals surface area contributed by atoms with Gasteiger partial charge in [-0.25, -0.2) is 0 Å². The molecule has 24 heavy (non-hydrogen) atoms. The highest BCUT2D eigenvalue weighted by Crippen LogP contribution is 2.20. The fourth-order valence-corrected chi connectivity index (χ4v) is 2.55. The zero-order valence-corrected chi connectivity index (χ0v) is 14.2. The Morgan fingerprint density at radius 3 is 2.71 bits per heavy atom. The van der Waals surface area contributed by atoms with Gasteiger partial charge in [0.15, 0.2) is 0 Å². The summed E-state index contributed by atoms with van der Waals surface area (Å²) in [4.78, 5) is 16.2. The van der Waals surface area contributed by atoms with E-state index < -0.39 is 0 Å². The van der Waals surface area contributed by atoms with Gasteiger partial charge in [-0.1, -0.05) is 43.3 Å². The molecule has 128 valence electrons. The molecule has 2 N–H and O–H groups in total. The number of carbonyl (C=O) groups excluding carboxylic acids is 1. The lowest BCUT2D eigenvalue weighted by Gasteiger charge is -2.27. The smallest absolute Gasteiger partial charge is 0.227 e. The van der Waals surface area contributed by atoms with Gasteiger partial charge in [0.05, 0.1) is 0 Å². The normalized spacial score (nSPS) is 14.6. The van der Waals surface area contributed by atoms with E-state index in [1.165, 1.54) is 5.56 Å². The average Bonchev–Trinajstić information content (AvgIpc) is 3.00. The first-order chi connectivity index (χ1) is 11.6. The van der Waals surface area contributed by atoms with Gasteiger partial charge in [-0.05, 0) is 11.5 Å². The maximum absolute atomic E-state index is 11.8. The molecule has 1 amide bonds. The predicted molar refractivity (Wildman–Crippen MR) is 91.5 cm³/mol. The monoisotopic (exact) mass is 328 g/mol. The average molecular weight is 328 g/mol. The summed E-state index contributed by atoms with van der Waals surface area (Å²) in [6.45, 7) is 7.04. The number of hydrogen-bond donors (Lipinski definition) is 2. The molecule has 0 aliphatic carbocycles. The van der Waals surface area contributed by atoms with Crippen molar-refractivity contribution in [2.75, 3.05) is 19.6 Å². The highest BCUT2D eigenvalue weighted by Gasteiger charge is 2.17. The van der Waals surface area contributed by atoms with E-state index >= 15 is 0 Å². The van der Waals surface area contributed by atoms with Crippen LogP contribution in [0.25, 0.3) is 11.4 Å². The minimum Gasteiger partial charge on any atom is -0.356 e. The number of hydrogen-bond acceptors (Lipinski definition) is 5. The van der Waals surface area contributed by atoms with Crippen LogP contribution in [0.3, 0.4) is 0 Å². The number of nitrogens with zero attached hydrogens (tertiary/aromatic N) is 2. The Kier molecular flexibility index (Phi) is 5.25. The van der Waals surface area contributed by atoms with Gasteiger partial charge in [-0.15, -0.1) is 0 Å². The minimum absolute atomic E-state index is 0.0305. The van der Waals surface area contributed by atoms with E-state index in [0.29, 0.717) is 36.4 Å². The van der Waals surface area contributed by atoms with Crippen LogP contribution in [-0.2, 0) is 11.2 Å². The van der Waals surface area contributed by atoms with Gasteiger partial charge in [0.1, 0.15) is 0 Å². The van der Waals surface area contributed by atoms with E-state index in [0.717, 1.165) is 25.2 Å². The summed E-state index contributed by atoms with van der Waals surface area (Å²) in [6.07, 6.45) is 0.833. The third kappa shape index (κ3) is 4.20. The number of nitrogens with one attached hydrogen (secondary N) is 2. The van der Waals surface area contributed by atoms with Gasteiger partial charge in [0.2, 0.25) is 17.6 Å². The highest BCUT2D eigenvalue weighted by atomic mass is 16.5. The summed E-state index contributed by atoms with van der Waals surface area (Å²) in [5.74, 6) is 2.16. The van der Waals surface area contributed by atoms with E-state index in [4.69, 9.17) is 4.52 Å². The number of aromatic nitrogens is 2. The summed E-state index contributed by atoms with van der Waals surface area (Å²) in [5, 5.41) is 10.1. The SMILES string of the molecule is CC(C)c1ccc(-c2noc(CCC(=O)NCC3CNC3)n2)cc1. The number of benzene rings is 1. The molecule has 1 aliphatic heterocycles. The maximum atomic E-state index is 11.8. The van der Waals surface area contributed by atoms with Crippen molar-refractivity contribution in [3.8, 4) is 11.4 Å². The van der Waals surface area contributed by atoms with E-state index in [1.54, 1.807) is 0 Å². The summed E-state index contributed by atoms with van der Waals surface area (Å²) >= 11 is 0. The molecule has 0 saturated carbocycles. The topological polar surface area (TPSA) is 80.0 Å². The van der Waals surface area contributed by atoms with E-state index in [1.807, 2.05) is 12.1 Å². The van der Waals surface area contributed by atoms with Crippen molar-refractivity contribution in [1.82, 2.24) is 20.8 Å². The summed E-state index contributed by atoms with van der Waals surface area (Å²) in [5.41, 5.74) is 2.21. The van der Waals surface area contributed by atoms with Crippen LogP contribution in [-0.4, -0.2) is 35.7 Å². The lowest BCUT2D eigenvalue weighted by molar-refractivity contribution is -0.121. The van der Waals surface area contributed by atoms with Gasteiger partial charge in [0.25, 0.3) is 0 Å². The van der Waals surface area contributed by atoms with Crippen LogP contribution in [0, 0.1) is 5.92 Å². The van der Waals surface area contributed by atoms with Crippen LogP contribution < -0.4 is 10.6 Å².